The molecule has 9 nitrogen and oxygen atoms in total. The van der Waals surface area contributed by atoms with Crippen molar-refractivity contribution in [3.8, 4) is 0 Å². The van der Waals surface area contributed by atoms with E-state index in [9.17, 15) is 19.2 Å². The van der Waals surface area contributed by atoms with Crippen molar-refractivity contribution in [2.24, 2.45) is 0 Å². The number of hydrogen-bond acceptors (Lipinski definition) is 9. The molecule has 1 heterocycles. The Morgan fingerprint density at radius 2 is 1.42 bits per heavy atom. The first kappa shape index (κ1) is 21.2. The van der Waals surface area contributed by atoms with Gasteiger partial charge in [0.05, 0.1) is 38.1 Å². The Labute approximate surface area is 151 Å². The van der Waals surface area contributed by atoms with Crippen molar-refractivity contribution in [3.63, 3.8) is 0 Å². The topological polar surface area (TPSA) is 117 Å². The summed E-state index contributed by atoms with van der Waals surface area (Å²) in [5.41, 5.74) is -2.58. The molecule has 26 heavy (non-hydrogen) atoms. The van der Waals surface area contributed by atoms with Crippen molar-refractivity contribution in [3.05, 3.63) is 22.9 Å². The Kier molecular flexibility index (Phi) is 7.36. The van der Waals surface area contributed by atoms with Crippen LogP contribution in [0.25, 0.3) is 0 Å². The molecule has 0 aromatic rings. The Morgan fingerprint density at radius 1 is 0.923 bits per heavy atom. The van der Waals surface area contributed by atoms with E-state index in [1.807, 2.05) is 0 Å². The zero-order valence-electron chi connectivity index (χ0n) is 15.5. The summed E-state index contributed by atoms with van der Waals surface area (Å²) in [6.45, 7) is 6.04. The molecule has 0 bridgehead atoms. The summed E-state index contributed by atoms with van der Waals surface area (Å²) in [7, 11) is 1.17. The van der Waals surface area contributed by atoms with E-state index < -0.39 is 35.0 Å². The first-order valence-corrected chi connectivity index (χ1v) is 8.11. The van der Waals surface area contributed by atoms with Crippen molar-refractivity contribution in [2.45, 2.75) is 33.2 Å². The predicted octanol–water partition coefficient (Wildman–Crippen LogP) is 0.391. The zero-order chi connectivity index (χ0) is 19.9. The molecule has 0 saturated heterocycles. The second-order valence-electron chi connectivity index (χ2n) is 5.12. The fourth-order valence-corrected chi connectivity index (χ4v) is 2.40. The van der Waals surface area contributed by atoms with Crippen LogP contribution in [-0.2, 0) is 38.1 Å². The second kappa shape index (κ2) is 9.02. The summed E-state index contributed by atoms with van der Waals surface area (Å²) in [6.07, 6.45) is 1.09. The van der Waals surface area contributed by atoms with Gasteiger partial charge >= 0.3 is 23.9 Å². The van der Waals surface area contributed by atoms with Gasteiger partial charge in [0.1, 0.15) is 0 Å². The van der Waals surface area contributed by atoms with E-state index in [1.54, 1.807) is 20.8 Å². The third-order valence-electron chi connectivity index (χ3n) is 3.54. The average Bonchev–Trinajstić information content (AvgIpc) is 2.61. The van der Waals surface area contributed by atoms with Crippen molar-refractivity contribution >= 4 is 23.9 Å². The molecule has 0 spiro atoms. The fraction of sp³-hybridized carbons (Fsp3) is 0.529. The highest BCUT2D eigenvalue weighted by molar-refractivity contribution is 6.18. The van der Waals surface area contributed by atoms with E-state index in [0.29, 0.717) is 0 Å². The lowest BCUT2D eigenvalue weighted by atomic mass is 9.84. The maximum atomic E-state index is 12.7. The monoisotopic (exact) mass is 369 g/mol. The highest BCUT2D eigenvalue weighted by Gasteiger charge is 2.57. The lowest BCUT2D eigenvalue weighted by Gasteiger charge is -2.35. The van der Waals surface area contributed by atoms with Gasteiger partial charge in [-0.05, 0) is 33.8 Å². The van der Waals surface area contributed by atoms with Crippen molar-refractivity contribution < 1.29 is 38.1 Å². The Bertz CT molecular complexity index is 644. The summed E-state index contributed by atoms with van der Waals surface area (Å²) in [4.78, 5) is 49.8. The lowest BCUT2D eigenvalue weighted by molar-refractivity contribution is -0.166. The molecular formula is C17H23NO8. The molecule has 9 heteroatoms. The number of hydrogen-bond donors (Lipinski definition) is 1. The molecular weight excluding hydrogens is 346 g/mol. The van der Waals surface area contributed by atoms with Crippen LogP contribution >= 0.6 is 0 Å². The molecule has 0 aromatic carbocycles. The van der Waals surface area contributed by atoms with Crippen LogP contribution in [0.4, 0.5) is 0 Å². The van der Waals surface area contributed by atoms with E-state index >= 15 is 0 Å². The summed E-state index contributed by atoms with van der Waals surface area (Å²) in [5, 5.41) is 2.61. The molecule has 144 valence electrons. The minimum Gasteiger partial charge on any atom is -0.465 e. The summed E-state index contributed by atoms with van der Waals surface area (Å²) in [5.74, 6) is -3.80. The molecule has 0 unspecified atom stereocenters. The first-order valence-electron chi connectivity index (χ1n) is 8.11. The van der Waals surface area contributed by atoms with Gasteiger partial charge in [-0.1, -0.05) is 0 Å². The first-order chi connectivity index (χ1) is 12.3. The van der Waals surface area contributed by atoms with E-state index in [2.05, 4.69) is 10.1 Å². The Hall–Kier alpha value is -2.84. The number of methoxy groups -OCH3 is 1. The molecule has 1 N–H and O–H groups in total. The second-order valence-corrected chi connectivity index (χ2v) is 5.12. The van der Waals surface area contributed by atoms with Gasteiger partial charge in [-0.25, -0.2) is 19.2 Å². The van der Waals surface area contributed by atoms with Gasteiger partial charge in [-0.2, -0.15) is 0 Å². The van der Waals surface area contributed by atoms with Crippen molar-refractivity contribution in [2.75, 3.05) is 26.9 Å². The highest BCUT2D eigenvalue weighted by atomic mass is 16.6. The number of nitrogens with one attached hydrogen (secondary N) is 1. The Balaban J connectivity index is 3.65. The third-order valence-corrected chi connectivity index (χ3v) is 3.54. The van der Waals surface area contributed by atoms with Crippen LogP contribution in [0.1, 0.15) is 27.7 Å². The van der Waals surface area contributed by atoms with Gasteiger partial charge in [0.15, 0.2) is 0 Å². The minimum atomic E-state index is -2.28. The van der Waals surface area contributed by atoms with Gasteiger partial charge in [-0.3, -0.25) is 0 Å². The SMILES string of the molecule is CCOC(=O)C1=CC(C(=O)OC)=C(C)NC1(C(=O)OCC)C(=O)OCC. The number of allylic oxidation sites excluding steroid dienone is 1. The third kappa shape index (κ3) is 3.87. The number of rotatable bonds is 7. The van der Waals surface area contributed by atoms with Crippen LogP contribution < -0.4 is 5.32 Å². The van der Waals surface area contributed by atoms with Gasteiger partial charge in [0.25, 0.3) is 5.54 Å². The standard InChI is InChI=1S/C17H23NO8/c1-6-24-14(20)12-9-11(13(19)23-5)10(4)18-17(12,15(21)25-7-2)16(22)26-8-3/h9,18H,6-8H2,1-5H3. The number of carbonyl (C=O) groups is 4. The maximum Gasteiger partial charge on any atom is 0.348 e. The largest absolute Gasteiger partial charge is 0.465 e. The molecule has 1 aliphatic heterocycles. The summed E-state index contributed by atoms with van der Waals surface area (Å²) in [6, 6.07) is 0. The Morgan fingerprint density at radius 3 is 1.85 bits per heavy atom. The van der Waals surface area contributed by atoms with Crippen LogP contribution in [0.15, 0.2) is 22.9 Å². The molecule has 0 aliphatic carbocycles. The van der Waals surface area contributed by atoms with Crippen LogP contribution in [0.2, 0.25) is 0 Å². The number of esters is 4. The fourth-order valence-electron chi connectivity index (χ4n) is 2.40. The summed E-state index contributed by atoms with van der Waals surface area (Å²) < 4.78 is 19.6. The molecule has 1 aliphatic rings. The van der Waals surface area contributed by atoms with E-state index in [0.717, 1.165) is 6.08 Å². The quantitative estimate of drug-likeness (QED) is 0.386. The van der Waals surface area contributed by atoms with Crippen LogP contribution in [0.3, 0.4) is 0 Å². The zero-order valence-corrected chi connectivity index (χ0v) is 15.5. The predicted molar refractivity (Wildman–Crippen MR) is 88.6 cm³/mol. The van der Waals surface area contributed by atoms with Gasteiger partial charge in [-0.15, -0.1) is 0 Å². The average molecular weight is 369 g/mol. The molecule has 0 radical (unpaired) electrons. The van der Waals surface area contributed by atoms with Crippen LogP contribution in [0.5, 0.6) is 0 Å². The van der Waals surface area contributed by atoms with Crippen LogP contribution in [-0.4, -0.2) is 56.3 Å². The molecule has 0 saturated carbocycles. The van der Waals surface area contributed by atoms with Crippen molar-refractivity contribution in [1.29, 1.82) is 0 Å². The van der Waals surface area contributed by atoms with Gasteiger partial charge in [0.2, 0.25) is 0 Å². The smallest absolute Gasteiger partial charge is 0.348 e. The molecule has 1 rings (SSSR count). The van der Waals surface area contributed by atoms with Gasteiger partial charge in [0, 0.05) is 5.70 Å². The van der Waals surface area contributed by atoms with E-state index in [-0.39, 0.29) is 31.1 Å². The van der Waals surface area contributed by atoms with Gasteiger partial charge < -0.3 is 24.3 Å². The number of carbonyl (C=O) groups excluding carboxylic acids is 4. The highest BCUT2D eigenvalue weighted by Crippen LogP contribution is 2.31. The number of dihydropyridines is 1. The van der Waals surface area contributed by atoms with Crippen molar-refractivity contribution in [1.82, 2.24) is 5.32 Å². The van der Waals surface area contributed by atoms with Crippen LogP contribution in [0, 0.1) is 0 Å². The number of ether oxygens (including phenoxy) is 4. The maximum absolute atomic E-state index is 12.7. The lowest BCUT2D eigenvalue weighted by Crippen LogP contribution is -2.63. The normalized spacial score (nSPS) is 15.3. The van der Waals surface area contributed by atoms with E-state index in [1.165, 1.54) is 14.0 Å². The molecule has 0 aromatic heterocycles. The summed E-state index contributed by atoms with van der Waals surface area (Å²) >= 11 is 0. The van der Waals surface area contributed by atoms with E-state index in [4.69, 9.17) is 14.2 Å². The minimum absolute atomic E-state index is 0.00580. The molecule has 0 fully saturated rings. The molecule has 0 atom stereocenters. The molecule has 0 amide bonds.